The molecule has 0 aliphatic carbocycles. The maximum Gasteiger partial charge on any atom is 0.306 e. The molecular formula is C59H108O5. The molecule has 0 aromatic rings. The quantitative estimate of drug-likeness (QED) is 0.0346. The van der Waals surface area contributed by atoms with Gasteiger partial charge in [0.1, 0.15) is 6.61 Å². The van der Waals surface area contributed by atoms with Crippen molar-refractivity contribution in [1.82, 2.24) is 0 Å². The Bertz CT molecular complexity index is 1060. The summed E-state index contributed by atoms with van der Waals surface area (Å²) < 4.78 is 17.5. The van der Waals surface area contributed by atoms with E-state index in [0.29, 0.717) is 19.4 Å². The first-order valence-corrected chi connectivity index (χ1v) is 28.2. The number of hydrogen-bond acceptors (Lipinski definition) is 5. The van der Waals surface area contributed by atoms with Crippen LogP contribution in [-0.4, -0.2) is 37.9 Å². The van der Waals surface area contributed by atoms with E-state index in [9.17, 15) is 9.59 Å². The Hall–Kier alpha value is -2.14. The van der Waals surface area contributed by atoms with Gasteiger partial charge < -0.3 is 14.2 Å². The zero-order chi connectivity index (χ0) is 46.3. The topological polar surface area (TPSA) is 61.8 Å². The lowest BCUT2D eigenvalue weighted by atomic mass is 10.0. The Morgan fingerprint density at radius 3 is 1.09 bits per heavy atom. The predicted molar refractivity (Wildman–Crippen MR) is 279 cm³/mol. The number of allylic oxidation sites excluding steroid dienone is 8. The zero-order valence-corrected chi connectivity index (χ0v) is 43.1. The van der Waals surface area contributed by atoms with E-state index < -0.39 is 6.10 Å². The van der Waals surface area contributed by atoms with Crippen LogP contribution in [0, 0.1) is 0 Å². The van der Waals surface area contributed by atoms with E-state index in [1.807, 2.05) is 0 Å². The first-order valence-electron chi connectivity index (χ1n) is 28.2. The average Bonchev–Trinajstić information content (AvgIpc) is 3.30. The number of carbonyl (C=O) groups excluding carboxylic acids is 2. The third-order valence-electron chi connectivity index (χ3n) is 12.3. The minimum absolute atomic E-state index is 0.0803. The van der Waals surface area contributed by atoms with Gasteiger partial charge in [-0.25, -0.2) is 0 Å². The maximum absolute atomic E-state index is 12.8. The van der Waals surface area contributed by atoms with Crippen molar-refractivity contribution in [3.05, 3.63) is 48.6 Å². The number of ether oxygens (including phenoxy) is 3. The molecule has 0 aromatic heterocycles. The highest BCUT2D eigenvalue weighted by molar-refractivity contribution is 5.70. The van der Waals surface area contributed by atoms with Crippen LogP contribution in [0.3, 0.4) is 0 Å². The minimum Gasteiger partial charge on any atom is -0.462 e. The van der Waals surface area contributed by atoms with Gasteiger partial charge in [-0.1, -0.05) is 243 Å². The van der Waals surface area contributed by atoms with Crippen molar-refractivity contribution in [3.63, 3.8) is 0 Å². The number of hydrogen-bond donors (Lipinski definition) is 0. The van der Waals surface area contributed by atoms with Crippen molar-refractivity contribution in [2.24, 2.45) is 0 Å². The van der Waals surface area contributed by atoms with Crippen molar-refractivity contribution >= 4 is 11.9 Å². The summed E-state index contributed by atoms with van der Waals surface area (Å²) in [5.41, 5.74) is 0. The monoisotopic (exact) mass is 897 g/mol. The first-order chi connectivity index (χ1) is 31.6. The van der Waals surface area contributed by atoms with Crippen LogP contribution in [0.1, 0.15) is 290 Å². The highest BCUT2D eigenvalue weighted by Gasteiger charge is 2.17. The van der Waals surface area contributed by atoms with E-state index in [2.05, 4.69) is 69.4 Å². The third kappa shape index (κ3) is 52.5. The van der Waals surface area contributed by atoms with Crippen LogP contribution in [0.2, 0.25) is 0 Å². The van der Waals surface area contributed by atoms with Gasteiger partial charge in [0.15, 0.2) is 6.10 Å². The molecule has 0 aliphatic heterocycles. The van der Waals surface area contributed by atoms with Gasteiger partial charge >= 0.3 is 11.9 Å². The van der Waals surface area contributed by atoms with Gasteiger partial charge in [0.05, 0.1) is 6.61 Å². The van der Waals surface area contributed by atoms with Gasteiger partial charge in [-0.15, -0.1) is 0 Å². The molecular weight excluding hydrogens is 789 g/mol. The van der Waals surface area contributed by atoms with E-state index in [1.165, 1.54) is 193 Å². The minimum atomic E-state index is -0.542. The molecule has 0 aromatic carbocycles. The number of rotatable bonds is 52. The standard InChI is InChI=1S/C59H108O5/c1-4-7-10-13-16-19-22-25-27-28-29-30-31-33-36-39-42-45-48-51-54-62-55-57(64-59(61)53-50-47-44-41-38-34-24-21-18-15-12-9-6-3)56-63-58(60)52-49-46-43-40-37-35-32-26-23-20-17-14-11-8-5-2/h16,19,25-27,29-30,32,57H,4-15,17-18,20-24,28,31,33-56H2,1-3H3/b19-16-,27-25-,30-29-,32-26-. The van der Waals surface area contributed by atoms with Crippen LogP contribution in [0.25, 0.3) is 0 Å². The summed E-state index contributed by atoms with van der Waals surface area (Å²) in [6.07, 6.45) is 68.4. The number of esters is 2. The van der Waals surface area contributed by atoms with Crippen LogP contribution in [0.5, 0.6) is 0 Å². The average molecular weight is 898 g/mol. The summed E-state index contributed by atoms with van der Waals surface area (Å²) in [6.45, 7) is 7.81. The Morgan fingerprint density at radius 2 is 0.656 bits per heavy atom. The Kier molecular flexibility index (Phi) is 53.3. The lowest BCUT2D eigenvalue weighted by Gasteiger charge is -2.18. The van der Waals surface area contributed by atoms with Crippen molar-refractivity contribution in [3.8, 4) is 0 Å². The SMILES string of the molecule is CCCCC/C=C\C/C=C\C/C=C\CCCCCCCCCOCC(COC(=O)CCCCCCC/C=C\CCCCCCCC)OC(=O)CCCCCCCCCCCCCCC. The second-order valence-electron chi connectivity index (χ2n) is 18.8. The molecule has 0 N–H and O–H groups in total. The molecule has 0 amide bonds. The van der Waals surface area contributed by atoms with Crippen LogP contribution in [0.15, 0.2) is 48.6 Å². The normalized spacial score (nSPS) is 12.5. The summed E-state index contributed by atoms with van der Waals surface area (Å²) in [6, 6.07) is 0. The maximum atomic E-state index is 12.8. The summed E-state index contributed by atoms with van der Waals surface area (Å²) in [4.78, 5) is 25.4. The fraction of sp³-hybridized carbons (Fsp3) is 0.831. The molecule has 1 atom stereocenters. The van der Waals surface area contributed by atoms with E-state index in [1.54, 1.807) is 0 Å². The van der Waals surface area contributed by atoms with E-state index in [4.69, 9.17) is 14.2 Å². The lowest BCUT2D eigenvalue weighted by Crippen LogP contribution is -2.30. The van der Waals surface area contributed by atoms with Crippen LogP contribution in [0.4, 0.5) is 0 Å². The molecule has 5 nitrogen and oxygen atoms in total. The zero-order valence-electron chi connectivity index (χ0n) is 43.1. The van der Waals surface area contributed by atoms with Gasteiger partial charge in [-0.2, -0.15) is 0 Å². The summed E-state index contributed by atoms with van der Waals surface area (Å²) in [5.74, 6) is -0.399. The van der Waals surface area contributed by atoms with Gasteiger partial charge in [-0.3, -0.25) is 9.59 Å². The Labute approximate surface area is 399 Å². The largest absolute Gasteiger partial charge is 0.462 e. The van der Waals surface area contributed by atoms with Gasteiger partial charge in [-0.05, 0) is 83.5 Å². The molecule has 374 valence electrons. The molecule has 64 heavy (non-hydrogen) atoms. The number of unbranched alkanes of at least 4 members (excludes halogenated alkanes) is 33. The van der Waals surface area contributed by atoms with E-state index in [-0.39, 0.29) is 25.2 Å². The van der Waals surface area contributed by atoms with Gasteiger partial charge in [0.25, 0.3) is 0 Å². The first kappa shape index (κ1) is 61.9. The molecule has 0 bridgehead atoms. The smallest absolute Gasteiger partial charge is 0.306 e. The highest BCUT2D eigenvalue weighted by Crippen LogP contribution is 2.15. The van der Waals surface area contributed by atoms with Crippen molar-refractivity contribution in [2.45, 2.75) is 297 Å². The molecule has 0 saturated carbocycles. The second kappa shape index (κ2) is 55.2. The fourth-order valence-corrected chi connectivity index (χ4v) is 8.10. The van der Waals surface area contributed by atoms with Crippen LogP contribution >= 0.6 is 0 Å². The molecule has 0 heterocycles. The summed E-state index contributed by atoms with van der Waals surface area (Å²) in [7, 11) is 0. The fourth-order valence-electron chi connectivity index (χ4n) is 8.10. The molecule has 0 saturated heterocycles. The molecule has 0 radical (unpaired) electrons. The van der Waals surface area contributed by atoms with Gasteiger partial charge in [0.2, 0.25) is 0 Å². The molecule has 5 heteroatoms. The van der Waals surface area contributed by atoms with Gasteiger partial charge in [0, 0.05) is 19.4 Å². The van der Waals surface area contributed by atoms with Crippen molar-refractivity contribution < 1.29 is 23.8 Å². The summed E-state index contributed by atoms with van der Waals surface area (Å²) in [5, 5.41) is 0. The van der Waals surface area contributed by atoms with E-state index >= 15 is 0 Å². The molecule has 0 rings (SSSR count). The Balaban J connectivity index is 4.25. The van der Waals surface area contributed by atoms with Crippen LogP contribution in [-0.2, 0) is 23.8 Å². The number of carbonyl (C=O) groups is 2. The predicted octanol–water partition coefficient (Wildman–Crippen LogP) is 19.1. The third-order valence-corrected chi connectivity index (χ3v) is 12.3. The summed E-state index contributed by atoms with van der Waals surface area (Å²) >= 11 is 0. The second-order valence-corrected chi connectivity index (χ2v) is 18.8. The van der Waals surface area contributed by atoms with E-state index in [0.717, 1.165) is 64.2 Å². The molecule has 0 aliphatic rings. The highest BCUT2D eigenvalue weighted by atomic mass is 16.6. The molecule has 0 fully saturated rings. The lowest BCUT2D eigenvalue weighted by molar-refractivity contribution is -0.163. The van der Waals surface area contributed by atoms with Crippen molar-refractivity contribution in [1.29, 1.82) is 0 Å². The van der Waals surface area contributed by atoms with Crippen LogP contribution < -0.4 is 0 Å². The van der Waals surface area contributed by atoms with Crippen molar-refractivity contribution in [2.75, 3.05) is 19.8 Å². The molecule has 1 unspecified atom stereocenters. The Morgan fingerprint density at radius 1 is 0.344 bits per heavy atom. The molecule has 0 spiro atoms.